The van der Waals surface area contributed by atoms with Gasteiger partial charge in [-0.15, -0.1) is 20.5 Å². The molecule has 0 aliphatic carbocycles. The molecule has 0 aromatic heterocycles. The number of benzene rings is 4. The fourth-order valence-electron chi connectivity index (χ4n) is 3.65. The molecule has 0 amide bonds. The van der Waals surface area contributed by atoms with Gasteiger partial charge in [0, 0.05) is 29.3 Å². The first-order chi connectivity index (χ1) is 18.5. The van der Waals surface area contributed by atoms with Gasteiger partial charge in [-0.25, -0.2) is 0 Å². The Labute approximate surface area is 222 Å². The molecule has 0 aliphatic rings. The smallest absolute Gasteiger partial charge is 0.296 e. The molecule has 0 heterocycles. The van der Waals surface area contributed by atoms with E-state index in [9.17, 15) is 23.2 Å². The van der Waals surface area contributed by atoms with Gasteiger partial charge in [0.2, 0.25) is 0 Å². The molecular weight excluding hydrogens is 530 g/mol. The van der Waals surface area contributed by atoms with Crippen LogP contribution in [-0.4, -0.2) is 44.5 Å². The number of phenols is 2. The number of aromatic hydroxyl groups is 2. The minimum absolute atomic E-state index is 0.00139. The third-order valence-electron chi connectivity index (χ3n) is 5.52. The van der Waals surface area contributed by atoms with Crippen molar-refractivity contribution in [2.24, 2.45) is 20.5 Å². The van der Waals surface area contributed by atoms with Crippen LogP contribution in [0, 0.1) is 0 Å². The molecule has 0 fully saturated rings. The number of phenolic OH excluding ortho intramolecular Hbond substituents is 2. The van der Waals surface area contributed by atoms with Crippen LogP contribution in [0.3, 0.4) is 0 Å². The van der Waals surface area contributed by atoms with Crippen LogP contribution in [0.4, 0.5) is 28.4 Å². The van der Waals surface area contributed by atoms with Gasteiger partial charge in [-0.05, 0) is 41.8 Å². The highest BCUT2D eigenvalue weighted by atomic mass is 32.2. The number of hydrogen-bond donors (Lipinski definition) is 4. The predicted molar refractivity (Wildman–Crippen MR) is 142 cm³/mol. The van der Waals surface area contributed by atoms with Gasteiger partial charge in [0.1, 0.15) is 50.6 Å². The van der Waals surface area contributed by atoms with E-state index in [4.69, 9.17) is 19.9 Å². The van der Waals surface area contributed by atoms with E-state index in [-0.39, 0.29) is 39.4 Å². The Balaban J connectivity index is 1.80. The summed E-state index contributed by atoms with van der Waals surface area (Å²) < 4.78 is 49.9. The van der Waals surface area contributed by atoms with E-state index in [1.165, 1.54) is 69.9 Å². The minimum atomic E-state index is -4.81. The number of nitrogens with zero attached hydrogens (tertiary/aromatic N) is 4. The van der Waals surface area contributed by atoms with Gasteiger partial charge in [0.15, 0.2) is 5.75 Å². The van der Waals surface area contributed by atoms with Crippen LogP contribution in [0.5, 0.6) is 28.7 Å². The Bertz CT molecular complexity index is 1740. The van der Waals surface area contributed by atoms with Gasteiger partial charge in [-0.3, -0.25) is 4.55 Å². The molecule has 39 heavy (non-hydrogen) atoms. The Morgan fingerprint density at radius 1 is 0.718 bits per heavy atom. The van der Waals surface area contributed by atoms with Gasteiger partial charge in [-0.1, -0.05) is 0 Å². The SMILES string of the molecule is COc1cc(O)ccc1N=Nc1cc(OC)c(N=Nc2c(S(=O)(=O)O)cc3cc(N)ccc3c2O)cc1OC. The average molecular weight is 554 g/mol. The van der Waals surface area contributed by atoms with Gasteiger partial charge in [-0.2, -0.15) is 8.42 Å². The number of hydrogen-bond acceptors (Lipinski definition) is 12. The van der Waals surface area contributed by atoms with Crippen molar-refractivity contribution in [3.05, 3.63) is 54.6 Å². The van der Waals surface area contributed by atoms with E-state index in [0.29, 0.717) is 17.1 Å². The van der Waals surface area contributed by atoms with E-state index < -0.39 is 26.5 Å². The summed E-state index contributed by atoms with van der Waals surface area (Å²) in [4.78, 5) is -0.666. The first-order valence-electron chi connectivity index (χ1n) is 11.0. The number of nitrogen functional groups attached to an aromatic ring is 1. The number of nitrogens with two attached hydrogens (primary N) is 1. The van der Waals surface area contributed by atoms with Crippen molar-refractivity contribution >= 4 is 49.3 Å². The molecule has 14 heteroatoms. The maximum absolute atomic E-state index is 12.1. The summed E-state index contributed by atoms with van der Waals surface area (Å²) in [6.45, 7) is 0. The quantitative estimate of drug-likeness (QED) is 0.116. The molecule has 202 valence electrons. The first-order valence-corrected chi connectivity index (χ1v) is 12.5. The summed E-state index contributed by atoms with van der Waals surface area (Å²) in [7, 11) is -0.625. The van der Waals surface area contributed by atoms with Crippen molar-refractivity contribution in [3.8, 4) is 28.7 Å². The maximum atomic E-state index is 12.1. The second-order valence-electron chi connectivity index (χ2n) is 7.98. The fraction of sp³-hybridized carbons (Fsp3) is 0.120. The summed E-state index contributed by atoms with van der Waals surface area (Å²) in [6.07, 6.45) is 0. The number of methoxy groups -OCH3 is 3. The molecule has 0 radical (unpaired) electrons. The van der Waals surface area contributed by atoms with Crippen LogP contribution in [0.2, 0.25) is 0 Å². The molecule has 4 rings (SSSR count). The molecule has 0 aliphatic heterocycles. The molecule has 13 nitrogen and oxygen atoms in total. The Morgan fingerprint density at radius 2 is 1.28 bits per heavy atom. The van der Waals surface area contributed by atoms with Crippen molar-refractivity contribution in [2.75, 3.05) is 27.1 Å². The summed E-state index contributed by atoms with van der Waals surface area (Å²) in [5.74, 6) is 0.135. The molecule has 5 N–H and O–H groups in total. The van der Waals surface area contributed by atoms with Crippen molar-refractivity contribution in [2.45, 2.75) is 4.90 Å². The highest BCUT2D eigenvalue weighted by Crippen LogP contribution is 2.45. The highest BCUT2D eigenvalue weighted by molar-refractivity contribution is 7.86. The highest BCUT2D eigenvalue weighted by Gasteiger charge is 2.22. The molecule has 4 aromatic rings. The largest absolute Gasteiger partial charge is 0.508 e. The van der Waals surface area contributed by atoms with Crippen LogP contribution in [0.25, 0.3) is 10.8 Å². The fourth-order valence-corrected chi connectivity index (χ4v) is 4.30. The predicted octanol–water partition coefficient (Wildman–Crippen LogP) is 5.94. The summed E-state index contributed by atoms with van der Waals surface area (Å²) in [5.41, 5.74) is 6.28. The average Bonchev–Trinajstić information content (AvgIpc) is 2.90. The summed E-state index contributed by atoms with van der Waals surface area (Å²) >= 11 is 0. The lowest BCUT2D eigenvalue weighted by Crippen LogP contribution is -1.99. The maximum Gasteiger partial charge on any atom is 0.296 e. The zero-order valence-electron chi connectivity index (χ0n) is 20.9. The molecule has 0 bridgehead atoms. The van der Waals surface area contributed by atoms with Crippen molar-refractivity contribution in [1.29, 1.82) is 0 Å². The van der Waals surface area contributed by atoms with Gasteiger partial charge < -0.3 is 30.2 Å². The minimum Gasteiger partial charge on any atom is -0.508 e. The molecule has 4 aromatic carbocycles. The molecular formula is C25H23N5O8S. The van der Waals surface area contributed by atoms with Gasteiger partial charge >= 0.3 is 0 Å². The lowest BCUT2D eigenvalue weighted by molar-refractivity contribution is 0.404. The Hall–Kier alpha value is -4.95. The lowest BCUT2D eigenvalue weighted by Gasteiger charge is -2.11. The van der Waals surface area contributed by atoms with Crippen molar-refractivity contribution in [3.63, 3.8) is 0 Å². The van der Waals surface area contributed by atoms with E-state index in [1.807, 2.05) is 0 Å². The number of fused-ring (bicyclic) bond motifs is 1. The first kappa shape index (κ1) is 27.1. The number of azo groups is 2. The van der Waals surface area contributed by atoms with E-state index in [0.717, 1.165) is 6.07 Å². The normalized spacial score (nSPS) is 11.9. The van der Waals surface area contributed by atoms with E-state index in [2.05, 4.69) is 20.5 Å². The monoisotopic (exact) mass is 553 g/mol. The second-order valence-corrected chi connectivity index (χ2v) is 9.37. The molecule has 0 saturated carbocycles. The molecule has 0 spiro atoms. The van der Waals surface area contributed by atoms with Crippen LogP contribution in [0.1, 0.15) is 0 Å². The molecule has 0 atom stereocenters. The molecule has 0 saturated heterocycles. The third-order valence-corrected chi connectivity index (χ3v) is 6.39. The zero-order valence-corrected chi connectivity index (χ0v) is 21.7. The number of rotatable bonds is 8. The topological polar surface area (TPSA) is 198 Å². The number of anilines is 1. The second kappa shape index (κ2) is 10.8. The van der Waals surface area contributed by atoms with E-state index in [1.54, 1.807) is 0 Å². The van der Waals surface area contributed by atoms with Crippen molar-refractivity contribution < 1.29 is 37.4 Å². The summed E-state index contributed by atoms with van der Waals surface area (Å²) in [5, 5.41) is 37.3. The zero-order chi connectivity index (χ0) is 28.3. The van der Waals surface area contributed by atoms with Crippen LogP contribution >= 0.6 is 0 Å². The number of ether oxygens (including phenoxy) is 3. The van der Waals surface area contributed by atoms with E-state index >= 15 is 0 Å². The molecule has 0 unspecified atom stereocenters. The van der Waals surface area contributed by atoms with Crippen molar-refractivity contribution in [1.82, 2.24) is 0 Å². The van der Waals surface area contributed by atoms with Crippen LogP contribution in [-0.2, 0) is 10.1 Å². The van der Waals surface area contributed by atoms with Gasteiger partial charge in [0.25, 0.3) is 10.1 Å². The Morgan fingerprint density at radius 3 is 1.87 bits per heavy atom. The van der Waals surface area contributed by atoms with Gasteiger partial charge in [0.05, 0.1) is 21.3 Å². The standard InChI is InChI=1S/C25H23N5O8S/c1-36-20-10-15(31)5-7-17(20)27-28-18-11-22(38-3)19(12-21(18)37-2)29-30-24-23(39(33,34)35)9-13-8-14(26)4-6-16(13)25(24)32/h4-12,31-32H,26H2,1-3H3,(H,33,34,35). The lowest BCUT2D eigenvalue weighted by atomic mass is 10.1. The third kappa shape index (κ3) is 5.66. The Kier molecular flexibility index (Phi) is 7.51. The van der Waals surface area contributed by atoms with Crippen LogP contribution in [0.15, 0.2) is 79.9 Å². The summed E-state index contributed by atoms with van der Waals surface area (Å²) in [6, 6.07) is 12.8. The van der Waals surface area contributed by atoms with Crippen LogP contribution < -0.4 is 19.9 Å².